The van der Waals surface area contributed by atoms with Gasteiger partial charge < -0.3 is 5.73 Å². The summed E-state index contributed by atoms with van der Waals surface area (Å²) in [5.41, 5.74) is 9.69. The molecule has 0 aliphatic carbocycles. The minimum atomic E-state index is 0.891. The molecule has 0 bridgehead atoms. The molecule has 78 valence electrons. The number of nitrogen functional groups attached to an aromatic ring is 1. The van der Waals surface area contributed by atoms with Gasteiger partial charge in [-0.3, -0.25) is 0 Å². The van der Waals surface area contributed by atoms with Crippen molar-refractivity contribution in [3.63, 3.8) is 0 Å². The average molecular weight is 217 g/mol. The van der Waals surface area contributed by atoms with Crippen molar-refractivity contribution in [2.24, 2.45) is 0 Å². The second-order valence-electron chi connectivity index (χ2n) is 3.67. The highest BCUT2D eigenvalue weighted by Crippen LogP contribution is 2.32. The Morgan fingerprint density at radius 1 is 1.20 bits per heavy atom. The van der Waals surface area contributed by atoms with Gasteiger partial charge in [0.25, 0.3) is 0 Å². The highest BCUT2D eigenvalue weighted by molar-refractivity contribution is 7.16. The maximum absolute atomic E-state index is 5.79. The molecule has 0 spiro atoms. The number of aryl methyl sites for hydroxylation is 2. The van der Waals surface area contributed by atoms with Crippen LogP contribution < -0.4 is 5.73 Å². The van der Waals surface area contributed by atoms with Crippen molar-refractivity contribution in [1.29, 1.82) is 0 Å². The Hall–Kier alpha value is -1.28. The molecule has 1 heterocycles. The van der Waals surface area contributed by atoms with Crippen LogP contribution in [0.25, 0.3) is 11.1 Å². The van der Waals surface area contributed by atoms with Gasteiger partial charge in [0.2, 0.25) is 0 Å². The van der Waals surface area contributed by atoms with E-state index in [1.807, 2.05) is 0 Å². The van der Waals surface area contributed by atoms with Crippen molar-refractivity contribution in [2.45, 2.75) is 20.3 Å². The van der Waals surface area contributed by atoms with Crippen LogP contribution >= 0.6 is 11.3 Å². The molecule has 2 N–H and O–H groups in total. The van der Waals surface area contributed by atoms with Crippen molar-refractivity contribution < 1.29 is 0 Å². The van der Waals surface area contributed by atoms with Crippen LogP contribution in [-0.4, -0.2) is 0 Å². The van der Waals surface area contributed by atoms with E-state index in [1.165, 1.54) is 21.6 Å². The van der Waals surface area contributed by atoms with Crippen LogP contribution in [0, 0.1) is 6.92 Å². The first-order valence-corrected chi connectivity index (χ1v) is 5.97. The van der Waals surface area contributed by atoms with Crippen LogP contribution in [0.15, 0.2) is 30.3 Å². The van der Waals surface area contributed by atoms with Gasteiger partial charge in [-0.15, -0.1) is 11.3 Å². The number of hydrogen-bond acceptors (Lipinski definition) is 2. The van der Waals surface area contributed by atoms with Crippen molar-refractivity contribution in [3.8, 4) is 11.1 Å². The van der Waals surface area contributed by atoms with E-state index in [4.69, 9.17) is 5.73 Å². The van der Waals surface area contributed by atoms with Gasteiger partial charge in [0, 0.05) is 4.88 Å². The fraction of sp³-hybridized carbons (Fsp3) is 0.231. The number of nitrogens with two attached hydrogens (primary N) is 1. The molecule has 2 aromatic rings. The van der Waals surface area contributed by atoms with Crippen molar-refractivity contribution >= 4 is 16.3 Å². The summed E-state index contributed by atoms with van der Waals surface area (Å²) in [5.74, 6) is 0. The third-order valence-corrected chi connectivity index (χ3v) is 3.49. The van der Waals surface area contributed by atoms with Crippen molar-refractivity contribution in [2.75, 3.05) is 5.73 Å². The van der Waals surface area contributed by atoms with E-state index in [0.717, 1.165) is 11.4 Å². The lowest BCUT2D eigenvalue weighted by Gasteiger charge is -2.01. The SMILES string of the molecule is CCc1ccc(-c2cc(N)sc2C)cc1. The first-order chi connectivity index (χ1) is 7.20. The maximum atomic E-state index is 5.79. The maximum Gasteiger partial charge on any atom is 0.0865 e. The Kier molecular flexibility index (Phi) is 2.78. The molecule has 15 heavy (non-hydrogen) atoms. The topological polar surface area (TPSA) is 26.0 Å². The highest BCUT2D eigenvalue weighted by atomic mass is 32.1. The molecule has 0 unspecified atom stereocenters. The lowest BCUT2D eigenvalue weighted by atomic mass is 10.0. The molecule has 0 atom stereocenters. The fourth-order valence-corrected chi connectivity index (χ4v) is 2.53. The fourth-order valence-electron chi connectivity index (χ4n) is 1.71. The Bertz CT molecular complexity index is 454. The second kappa shape index (κ2) is 4.07. The second-order valence-corrected chi connectivity index (χ2v) is 4.96. The minimum Gasteiger partial charge on any atom is -0.391 e. The van der Waals surface area contributed by atoms with Crippen LogP contribution in [0.2, 0.25) is 0 Å². The molecule has 2 heteroatoms. The molecule has 1 aromatic carbocycles. The van der Waals surface area contributed by atoms with E-state index in [0.29, 0.717) is 0 Å². The Labute approximate surface area is 94.6 Å². The summed E-state index contributed by atoms with van der Waals surface area (Å²) in [6.45, 7) is 4.28. The molecule has 0 saturated carbocycles. The number of thiophene rings is 1. The van der Waals surface area contributed by atoms with E-state index in [1.54, 1.807) is 11.3 Å². The zero-order chi connectivity index (χ0) is 10.8. The summed E-state index contributed by atoms with van der Waals surface area (Å²) < 4.78 is 0. The Morgan fingerprint density at radius 2 is 1.87 bits per heavy atom. The van der Waals surface area contributed by atoms with Crippen LogP contribution in [0.4, 0.5) is 5.00 Å². The van der Waals surface area contributed by atoms with Gasteiger partial charge in [-0.25, -0.2) is 0 Å². The molecule has 1 aromatic heterocycles. The molecule has 0 radical (unpaired) electrons. The summed E-state index contributed by atoms with van der Waals surface area (Å²) in [5, 5.41) is 0.891. The average Bonchev–Trinajstić information content (AvgIpc) is 2.58. The van der Waals surface area contributed by atoms with Gasteiger partial charge in [0.1, 0.15) is 0 Å². The number of rotatable bonds is 2. The third kappa shape index (κ3) is 2.05. The molecule has 1 nitrogen and oxygen atoms in total. The zero-order valence-corrected chi connectivity index (χ0v) is 9.90. The van der Waals surface area contributed by atoms with E-state index >= 15 is 0 Å². The standard InChI is InChI=1S/C13H15NS/c1-3-10-4-6-11(7-5-10)12-8-13(14)15-9(12)2/h4-8H,3,14H2,1-2H3. The molecule has 0 saturated heterocycles. The van der Waals surface area contributed by atoms with Crippen LogP contribution in [-0.2, 0) is 6.42 Å². The van der Waals surface area contributed by atoms with E-state index in [2.05, 4.69) is 44.2 Å². The normalized spacial score (nSPS) is 10.5. The van der Waals surface area contributed by atoms with Crippen molar-refractivity contribution in [3.05, 3.63) is 40.8 Å². The van der Waals surface area contributed by atoms with Crippen molar-refractivity contribution in [1.82, 2.24) is 0 Å². The van der Waals surface area contributed by atoms with E-state index < -0.39 is 0 Å². The van der Waals surface area contributed by atoms with Gasteiger partial charge in [-0.1, -0.05) is 31.2 Å². The summed E-state index contributed by atoms with van der Waals surface area (Å²) in [7, 11) is 0. The van der Waals surface area contributed by atoms with Gasteiger partial charge in [0.15, 0.2) is 0 Å². The Balaban J connectivity index is 2.41. The first kappa shape index (κ1) is 10.2. The molecule has 0 aliphatic heterocycles. The number of hydrogen-bond donors (Lipinski definition) is 1. The predicted octanol–water partition coefficient (Wildman–Crippen LogP) is 3.87. The first-order valence-electron chi connectivity index (χ1n) is 5.16. The van der Waals surface area contributed by atoms with Gasteiger partial charge in [-0.05, 0) is 36.1 Å². The molecule has 0 aliphatic rings. The zero-order valence-electron chi connectivity index (χ0n) is 9.08. The Morgan fingerprint density at radius 3 is 2.33 bits per heavy atom. The van der Waals surface area contributed by atoms with Gasteiger partial charge in [-0.2, -0.15) is 0 Å². The molecular weight excluding hydrogens is 202 g/mol. The number of benzene rings is 1. The van der Waals surface area contributed by atoms with E-state index in [9.17, 15) is 0 Å². The summed E-state index contributed by atoms with van der Waals surface area (Å²) >= 11 is 1.65. The lowest BCUT2D eigenvalue weighted by Crippen LogP contribution is -1.81. The molecular formula is C13H15NS. The molecule has 2 rings (SSSR count). The highest BCUT2D eigenvalue weighted by Gasteiger charge is 2.05. The molecule has 0 amide bonds. The summed E-state index contributed by atoms with van der Waals surface area (Å²) in [4.78, 5) is 1.29. The van der Waals surface area contributed by atoms with Gasteiger partial charge in [0.05, 0.1) is 5.00 Å². The minimum absolute atomic E-state index is 0.891. The monoisotopic (exact) mass is 217 g/mol. The molecule has 0 fully saturated rings. The summed E-state index contributed by atoms with van der Waals surface area (Å²) in [6, 6.07) is 10.8. The van der Waals surface area contributed by atoms with Gasteiger partial charge >= 0.3 is 0 Å². The third-order valence-electron chi connectivity index (χ3n) is 2.61. The van der Waals surface area contributed by atoms with Crippen LogP contribution in [0.3, 0.4) is 0 Å². The predicted molar refractivity (Wildman–Crippen MR) is 68.3 cm³/mol. The smallest absolute Gasteiger partial charge is 0.0865 e. The van der Waals surface area contributed by atoms with E-state index in [-0.39, 0.29) is 0 Å². The number of anilines is 1. The quantitative estimate of drug-likeness (QED) is 0.812. The largest absolute Gasteiger partial charge is 0.391 e. The van der Waals surface area contributed by atoms with Crippen LogP contribution in [0.1, 0.15) is 17.4 Å². The lowest BCUT2D eigenvalue weighted by molar-refractivity contribution is 1.14. The van der Waals surface area contributed by atoms with Crippen LogP contribution in [0.5, 0.6) is 0 Å². The summed E-state index contributed by atoms with van der Waals surface area (Å²) in [6.07, 6.45) is 1.09.